The van der Waals surface area contributed by atoms with Crippen LogP contribution in [0, 0.1) is 13.8 Å². The molecule has 1 aromatic carbocycles. The van der Waals surface area contributed by atoms with Gasteiger partial charge < -0.3 is 14.5 Å². The van der Waals surface area contributed by atoms with Crippen LogP contribution < -0.4 is 4.90 Å². The Morgan fingerprint density at radius 2 is 2.07 bits per heavy atom. The number of aryl methyl sites for hydroxylation is 2. The van der Waals surface area contributed by atoms with Crippen LogP contribution in [0.5, 0.6) is 5.75 Å². The fourth-order valence-corrected chi connectivity index (χ4v) is 4.05. The lowest BCUT2D eigenvalue weighted by Gasteiger charge is -2.28. The van der Waals surface area contributed by atoms with Crippen LogP contribution in [-0.2, 0) is 24.3 Å². The van der Waals surface area contributed by atoms with Gasteiger partial charge in [0.1, 0.15) is 17.6 Å². The van der Waals surface area contributed by atoms with Crippen LogP contribution in [0.25, 0.3) is 0 Å². The van der Waals surface area contributed by atoms with Gasteiger partial charge in [0.15, 0.2) is 0 Å². The fourth-order valence-electron chi connectivity index (χ4n) is 4.05. The smallest absolute Gasteiger partial charge is 0.332 e. The number of aromatic hydroxyl groups is 1. The number of fused-ring (bicyclic) bond motifs is 2. The van der Waals surface area contributed by atoms with Crippen molar-refractivity contribution >= 4 is 17.6 Å². The van der Waals surface area contributed by atoms with E-state index in [4.69, 9.17) is 4.52 Å². The van der Waals surface area contributed by atoms with Gasteiger partial charge in [0.2, 0.25) is 0 Å². The van der Waals surface area contributed by atoms with E-state index in [0.717, 1.165) is 22.4 Å². The minimum atomic E-state index is -0.537. The Bertz CT molecular complexity index is 1130. The number of urea groups is 1. The van der Waals surface area contributed by atoms with Crippen LogP contribution in [0.4, 0.5) is 10.5 Å². The first kappa shape index (κ1) is 17.5. The molecule has 1 atom stereocenters. The topological polar surface area (TPSA) is 105 Å². The number of phenols is 1. The van der Waals surface area contributed by atoms with E-state index < -0.39 is 6.04 Å². The van der Waals surface area contributed by atoms with Crippen molar-refractivity contribution in [1.82, 2.24) is 19.8 Å². The molecule has 2 aromatic heterocycles. The predicted molar refractivity (Wildman–Crippen MR) is 101 cm³/mol. The Kier molecular flexibility index (Phi) is 3.73. The maximum atomic E-state index is 13.0. The van der Waals surface area contributed by atoms with Gasteiger partial charge in [-0.15, -0.1) is 0 Å². The molecule has 3 amide bonds. The molecule has 2 aliphatic rings. The van der Waals surface area contributed by atoms with E-state index >= 15 is 0 Å². The summed E-state index contributed by atoms with van der Waals surface area (Å²) in [6, 6.07) is 4.15. The molecule has 1 fully saturated rings. The molecule has 9 nitrogen and oxygen atoms in total. The lowest BCUT2D eigenvalue weighted by molar-refractivity contribution is -0.120. The molecule has 0 spiro atoms. The number of aromatic nitrogens is 3. The molecule has 148 valence electrons. The predicted octanol–water partition coefficient (Wildman–Crippen LogP) is 2.14. The van der Waals surface area contributed by atoms with Crippen LogP contribution in [-0.4, -0.2) is 42.9 Å². The SMILES string of the molecule is Cc1noc(C)c1Cn1cc(N2C(=O)[C@@H]3Cc4ccc(O)cc4CN3C2=O)cn1. The Labute approximate surface area is 166 Å². The molecular weight excluding hydrogens is 374 g/mol. The van der Waals surface area contributed by atoms with Gasteiger partial charge in [0, 0.05) is 24.7 Å². The summed E-state index contributed by atoms with van der Waals surface area (Å²) < 4.78 is 6.84. The maximum absolute atomic E-state index is 13.0. The minimum Gasteiger partial charge on any atom is -0.508 e. The maximum Gasteiger partial charge on any atom is 0.332 e. The number of imide groups is 1. The van der Waals surface area contributed by atoms with Crippen LogP contribution in [0.1, 0.15) is 28.1 Å². The van der Waals surface area contributed by atoms with Crippen molar-refractivity contribution in [3.8, 4) is 5.75 Å². The zero-order chi connectivity index (χ0) is 20.3. The largest absolute Gasteiger partial charge is 0.508 e. The second-order valence-corrected chi connectivity index (χ2v) is 7.46. The summed E-state index contributed by atoms with van der Waals surface area (Å²) in [5.74, 6) is 0.606. The van der Waals surface area contributed by atoms with Crippen LogP contribution in [0.3, 0.4) is 0 Å². The number of rotatable bonds is 3. The molecule has 1 saturated heterocycles. The number of anilines is 1. The van der Waals surface area contributed by atoms with Crippen LogP contribution in [0.15, 0.2) is 35.1 Å². The highest BCUT2D eigenvalue weighted by Crippen LogP contribution is 2.34. The Hall–Kier alpha value is -3.62. The zero-order valence-corrected chi connectivity index (χ0v) is 16.0. The van der Waals surface area contributed by atoms with Gasteiger partial charge in [-0.25, -0.2) is 9.69 Å². The first-order valence-electron chi connectivity index (χ1n) is 9.32. The molecule has 0 radical (unpaired) electrons. The Balaban J connectivity index is 1.41. The molecule has 4 heterocycles. The fraction of sp³-hybridized carbons (Fsp3) is 0.300. The van der Waals surface area contributed by atoms with Crippen molar-refractivity contribution < 1.29 is 19.2 Å². The van der Waals surface area contributed by atoms with Crippen molar-refractivity contribution in [2.45, 2.75) is 39.4 Å². The van der Waals surface area contributed by atoms with Gasteiger partial charge in [-0.05, 0) is 37.1 Å². The van der Waals surface area contributed by atoms with Crippen molar-refractivity contribution in [2.75, 3.05) is 4.90 Å². The molecule has 2 aliphatic heterocycles. The molecule has 5 rings (SSSR count). The molecule has 29 heavy (non-hydrogen) atoms. The van der Waals surface area contributed by atoms with Crippen molar-refractivity contribution in [3.63, 3.8) is 0 Å². The number of phenolic OH excluding ortho intramolecular Hbond substituents is 1. The third-order valence-electron chi connectivity index (χ3n) is 5.64. The molecule has 0 unspecified atom stereocenters. The molecule has 0 aliphatic carbocycles. The lowest BCUT2D eigenvalue weighted by Crippen LogP contribution is -2.40. The molecule has 3 aromatic rings. The zero-order valence-electron chi connectivity index (χ0n) is 16.0. The number of benzene rings is 1. The second-order valence-electron chi connectivity index (χ2n) is 7.46. The third-order valence-corrected chi connectivity index (χ3v) is 5.64. The van der Waals surface area contributed by atoms with Gasteiger partial charge in [0.05, 0.1) is 24.1 Å². The number of hydrogen-bond donors (Lipinski definition) is 1. The lowest BCUT2D eigenvalue weighted by atomic mass is 9.94. The standard InChI is InChI=1S/C20H19N5O4/c1-11-17(12(2)29-22-11)10-23-9-15(7-21-23)25-19(27)18-6-13-3-4-16(26)5-14(13)8-24(18)20(25)28/h3-5,7,9,18,26H,6,8,10H2,1-2H3/t18-/m0/s1. The van der Waals surface area contributed by atoms with Crippen molar-refractivity contribution in [1.29, 1.82) is 0 Å². The van der Waals surface area contributed by atoms with Gasteiger partial charge >= 0.3 is 6.03 Å². The van der Waals surface area contributed by atoms with E-state index in [0.29, 0.717) is 31.0 Å². The van der Waals surface area contributed by atoms with E-state index in [1.165, 1.54) is 11.1 Å². The third kappa shape index (κ3) is 2.69. The number of carbonyl (C=O) groups excluding carboxylic acids is 2. The van der Waals surface area contributed by atoms with Crippen LogP contribution in [0.2, 0.25) is 0 Å². The van der Waals surface area contributed by atoms with Crippen LogP contribution >= 0.6 is 0 Å². The highest BCUT2D eigenvalue weighted by molar-refractivity contribution is 6.21. The second kappa shape index (κ2) is 6.20. The van der Waals surface area contributed by atoms with Gasteiger partial charge in [-0.3, -0.25) is 9.48 Å². The highest BCUT2D eigenvalue weighted by atomic mass is 16.5. The summed E-state index contributed by atoms with van der Waals surface area (Å²) in [6.07, 6.45) is 3.63. The summed E-state index contributed by atoms with van der Waals surface area (Å²) >= 11 is 0. The molecular formula is C20H19N5O4. The summed E-state index contributed by atoms with van der Waals surface area (Å²) in [5, 5.41) is 18.0. The summed E-state index contributed by atoms with van der Waals surface area (Å²) in [6.45, 7) is 4.43. The average Bonchev–Trinajstić information content (AvgIpc) is 3.34. The van der Waals surface area contributed by atoms with E-state index in [-0.39, 0.29) is 17.7 Å². The molecule has 0 saturated carbocycles. The first-order chi connectivity index (χ1) is 13.9. The van der Waals surface area contributed by atoms with Gasteiger partial charge in [0.25, 0.3) is 5.91 Å². The summed E-state index contributed by atoms with van der Waals surface area (Å²) in [7, 11) is 0. The molecule has 1 N–H and O–H groups in total. The molecule has 0 bridgehead atoms. The average molecular weight is 393 g/mol. The van der Waals surface area contributed by atoms with Crippen molar-refractivity contribution in [3.05, 3.63) is 58.7 Å². The quantitative estimate of drug-likeness (QED) is 0.684. The van der Waals surface area contributed by atoms with Gasteiger partial charge in [-0.1, -0.05) is 11.2 Å². The van der Waals surface area contributed by atoms with E-state index in [1.807, 2.05) is 19.9 Å². The first-order valence-corrected chi connectivity index (χ1v) is 9.32. The summed E-state index contributed by atoms with van der Waals surface area (Å²) in [5.41, 5.74) is 3.98. The number of nitrogens with zero attached hydrogens (tertiary/aromatic N) is 5. The van der Waals surface area contributed by atoms with E-state index in [2.05, 4.69) is 10.3 Å². The number of hydrogen-bond acceptors (Lipinski definition) is 6. The highest BCUT2D eigenvalue weighted by Gasteiger charge is 2.48. The van der Waals surface area contributed by atoms with E-state index in [1.54, 1.807) is 27.9 Å². The van der Waals surface area contributed by atoms with E-state index in [9.17, 15) is 14.7 Å². The normalized spacial score (nSPS) is 18.3. The molecule has 9 heteroatoms. The Morgan fingerprint density at radius 1 is 1.24 bits per heavy atom. The Morgan fingerprint density at radius 3 is 2.83 bits per heavy atom. The monoisotopic (exact) mass is 393 g/mol. The van der Waals surface area contributed by atoms with Crippen molar-refractivity contribution in [2.24, 2.45) is 0 Å². The minimum absolute atomic E-state index is 0.151. The number of carbonyl (C=O) groups is 2. The summed E-state index contributed by atoms with van der Waals surface area (Å²) in [4.78, 5) is 28.7. The number of amides is 3. The van der Waals surface area contributed by atoms with Gasteiger partial charge in [-0.2, -0.15) is 5.10 Å².